The number of carbonyl (C=O) groups is 1. The van der Waals surface area contributed by atoms with Gasteiger partial charge >= 0.3 is 0 Å². The van der Waals surface area contributed by atoms with Gasteiger partial charge in [-0.05, 0) is 54.6 Å². The van der Waals surface area contributed by atoms with Crippen molar-refractivity contribution in [2.24, 2.45) is 0 Å². The predicted octanol–water partition coefficient (Wildman–Crippen LogP) is 6.39. The van der Waals surface area contributed by atoms with Gasteiger partial charge in [-0.3, -0.25) is 9.69 Å². The van der Waals surface area contributed by atoms with Crippen molar-refractivity contribution >= 4 is 40.7 Å². The van der Waals surface area contributed by atoms with E-state index in [-0.39, 0.29) is 17.9 Å². The third-order valence-corrected chi connectivity index (χ3v) is 6.87. The van der Waals surface area contributed by atoms with Gasteiger partial charge in [0.05, 0.1) is 10.0 Å². The molecule has 160 valence electrons. The van der Waals surface area contributed by atoms with Crippen LogP contribution in [0.15, 0.2) is 72.8 Å². The van der Waals surface area contributed by atoms with Gasteiger partial charge in [-0.15, -0.1) is 0 Å². The van der Waals surface area contributed by atoms with E-state index in [2.05, 4.69) is 24.1 Å². The summed E-state index contributed by atoms with van der Waals surface area (Å²) in [6.07, 6.45) is 0. The van der Waals surface area contributed by atoms with Crippen LogP contribution >= 0.6 is 34.8 Å². The standard InChI is InChI=1S/C25H23Cl3N2O/c1-29(14-17-7-12-22(27)23(28)13-17)24-16-30(25(31)19-5-3-2-4-6-19)15-21(24)18-8-10-20(26)11-9-18/h2-13,21,24H,14-16H2,1H3/t21-,24+/m1/s1. The van der Waals surface area contributed by atoms with E-state index in [4.69, 9.17) is 34.8 Å². The van der Waals surface area contributed by atoms with Crippen molar-refractivity contribution in [3.05, 3.63) is 105 Å². The Labute approximate surface area is 198 Å². The minimum absolute atomic E-state index is 0.0602. The number of rotatable bonds is 5. The summed E-state index contributed by atoms with van der Waals surface area (Å²) in [6.45, 7) is 2.02. The number of carbonyl (C=O) groups excluding carboxylic acids is 1. The van der Waals surface area contributed by atoms with Gasteiger partial charge in [-0.25, -0.2) is 0 Å². The molecular weight excluding hydrogens is 451 g/mol. The van der Waals surface area contributed by atoms with E-state index in [0.29, 0.717) is 40.3 Å². The predicted molar refractivity (Wildman–Crippen MR) is 128 cm³/mol. The Morgan fingerprint density at radius 1 is 0.935 bits per heavy atom. The van der Waals surface area contributed by atoms with Crippen LogP contribution in [-0.2, 0) is 6.54 Å². The van der Waals surface area contributed by atoms with Crippen molar-refractivity contribution in [3.63, 3.8) is 0 Å². The molecule has 0 N–H and O–H groups in total. The summed E-state index contributed by atoms with van der Waals surface area (Å²) in [5, 5.41) is 1.81. The Morgan fingerprint density at radius 2 is 1.65 bits per heavy atom. The van der Waals surface area contributed by atoms with Crippen LogP contribution in [0.3, 0.4) is 0 Å². The summed E-state index contributed by atoms with van der Waals surface area (Å²) >= 11 is 18.4. The number of amides is 1. The lowest BCUT2D eigenvalue weighted by Gasteiger charge is -2.29. The highest BCUT2D eigenvalue weighted by Crippen LogP contribution is 2.33. The molecule has 31 heavy (non-hydrogen) atoms. The van der Waals surface area contributed by atoms with Crippen LogP contribution in [0.25, 0.3) is 0 Å². The first-order valence-corrected chi connectivity index (χ1v) is 11.3. The Bertz CT molecular complexity index is 1060. The molecule has 3 aromatic carbocycles. The van der Waals surface area contributed by atoms with E-state index in [1.165, 1.54) is 5.56 Å². The topological polar surface area (TPSA) is 23.6 Å². The van der Waals surface area contributed by atoms with E-state index < -0.39 is 0 Å². The Kier molecular flexibility index (Phi) is 6.88. The second-order valence-corrected chi connectivity index (χ2v) is 9.22. The molecule has 1 saturated heterocycles. The van der Waals surface area contributed by atoms with Crippen LogP contribution in [0.5, 0.6) is 0 Å². The van der Waals surface area contributed by atoms with Crippen LogP contribution in [0.4, 0.5) is 0 Å². The average Bonchev–Trinajstić information content (AvgIpc) is 3.22. The molecule has 0 saturated carbocycles. The van der Waals surface area contributed by atoms with Crippen LogP contribution < -0.4 is 0 Å². The van der Waals surface area contributed by atoms with Crippen LogP contribution in [0.1, 0.15) is 27.4 Å². The molecule has 0 unspecified atom stereocenters. The minimum Gasteiger partial charge on any atom is -0.336 e. The summed E-state index contributed by atoms with van der Waals surface area (Å²) in [5.41, 5.74) is 2.98. The summed E-state index contributed by atoms with van der Waals surface area (Å²) < 4.78 is 0. The van der Waals surface area contributed by atoms with E-state index in [1.807, 2.05) is 65.6 Å². The first-order chi connectivity index (χ1) is 14.9. The minimum atomic E-state index is 0.0602. The first-order valence-electron chi connectivity index (χ1n) is 10.2. The molecule has 6 heteroatoms. The third-order valence-electron chi connectivity index (χ3n) is 5.88. The maximum Gasteiger partial charge on any atom is 0.253 e. The number of hydrogen-bond acceptors (Lipinski definition) is 2. The number of likely N-dealkylation sites (N-methyl/N-ethyl adjacent to an activating group) is 1. The van der Waals surface area contributed by atoms with Gasteiger partial charge in [0, 0.05) is 42.2 Å². The lowest BCUT2D eigenvalue weighted by molar-refractivity contribution is 0.0779. The quantitative estimate of drug-likeness (QED) is 0.429. The third kappa shape index (κ3) is 5.07. The van der Waals surface area contributed by atoms with Gasteiger partial charge in [0.1, 0.15) is 0 Å². The number of nitrogens with zero attached hydrogens (tertiary/aromatic N) is 2. The molecule has 0 aromatic heterocycles. The summed E-state index contributed by atoms with van der Waals surface area (Å²) in [7, 11) is 2.09. The summed E-state index contributed by atoms with van der Waals surface area (Å²) in [6, 6.07) is 23.3. The second-order valence-electron chi connectivity index (χ2n) is 7.97. The molecular formula is C25H23Cl3N2O. The zero-order valence-corrected chi connectivity index (χ0v) is 19.4. The Hall–Kier alpha value is -2.04. The maximum atomic E-state index is 13.1. The van der Waals surface area contributed by atoms with Gasteiger partial charge in [0.15, 0.2) is 0 Å². The molecule has 3 nitrogen and oxygen atoms in total. The molecule has 1 aliphatic rings. The van der Waals surface area contributed by atoms with E-state index in [1.54, 1.807) is 0 Å². The molecule has 2 atom stereocenters. The Morgan fingerprint density at radius 3 is 2.32 bits per heavy atom. The van der Waals surface area contributed by atoms with E-state index in [0.717, 1.165) is 5.56 Å². The van der Waals surface area contributed by atoms with Crippen molar-refractivity contribution < 1.29 is 4.79 Å². The molecule has 0 spiro atoms. The van der Waals surface area contributed by atoms with Crippen LogP contribution in [0.2, 0.25) is 15.1 Å². The fraction of sp³-hybridized carbons (Fsp3) is 0.240. The highest BCUT2D eigenvalue weighted by molar-refractivity contribution is 6.42. The molecule has 0 aliphatic carbocycles. The van der Waals surface area contributed by atoms with Gasteiger partial charge in [0.2, 0.25) is 0 Å². The molecule has 1 fully saturated rings. The van der Waals surface area contributed by atoms with Gasteiger partial charge in [-0.2, -0.15) is 0 Å². The van der Waals surface area contributed by atoms with Crippen molar-refractivity contribution in [1.82, 2.24) is 9.80 Å². The molecule has 1 aliphatic heterocycles. The molecule has 3 aromatic rings. The lowest BCUT2D eigenvalue weighted by atomic mass is 9.93. The monoisotopic (exact) mass is 472 g/mol. The Balaban J connectivity index is 1.59. The molecule has 1 heterocycles. The normalized spacial score (nSPS) is 18.5. The molecule has 0 bridgehead atoms. The highest BCUT2D eigenvalue weighted by Gasteiger charge is 2.38. The number of likely N-dealkylation sites (tertiary alicyclic amines) is 1. The van der Waals surface area contributed by atoms with Crippen LogP contribution in [-0.4, -0.2) is 41.9 Å². The summed E-state index contributed by atoms with van der Waals surface area (Å²) in [5.74, 6) is 0.239. The lowest BCUT2D eigenvalue weighted by Crippen LogP contribution is -2.38. The number of hydrogen-bond donors (Lipinski definition) is 0. The average molecular weight is 474 g/mol. The van der Waals surface area contributed by atoms with Gasteiger partial charge in [-0.1, -0.05) is 71.2 Å². The first kappa shape index (κ1) is 22.2. The number of halogens is 3. The zero-order chi connectivity index (χ0) is 22.0. The fourth-order valence-corrected chi connectivity index (χ4v) is 4.69. The molecule has 1 amide bonds. The zero-order valence-electron chi connectivity index (χ0n) is 17.1. The van der Waals surface area contributed by atoms with E-state index >= 15 is 0 Å². The van der Waals surface area contributed by atoms with Crippen LogP contribution in [0, 0.1) is 0 Å². The SMILES string of the molecule is CN(Cc1ccc(Cl)c(Cl)c1)[C@H]1CN(C(=O)c2ccccc2)C[C@@H]1c1ccc(Cl)cc1. The van der Waals surface area contributed by atoms with Gasteiger partial charge < -0.3 is 4.90 Å². The largest absolute Gasteiger partial charge is 0.336 e. The van der Waals surface area contributed by atoms with E-state index in [9.17, 15) is 4.79 Å². The van der Waals surface area contributed by atoms with Crippen molar-refractivity contribution in [2.75, 3.05) is 20.1 Å². The van der Waals surface area contributed by atoms with Crippen molar-refractivity contribution in [2.45, 2.75) is 18.5 Å². The van der Waals surface area contributed by atoms with Crippen molar-refractivity contribution in [1.29, 1.82) is 0 Å². The molecule has 4 rings (SSSR count). The van der Waals surface area contributed by atoms with Gasteiger partial charge in [0.25, 0.3) is 5.91 Å². The second kappa shape index (κ2) is 9.62. The van der Waals surface area contributed by atoms with Crippen molar-refractivity contribution in [3.8, 4) is 0 Å². The molecule has 0 radical (unpaired) electrons. The highest BCUT2D eigenvalue weighted by atomic mass is 35.5. The smallest absolute Gasteiger partial charge is 0.253 e. The fourth-order valence-electron chi connectivity index (χ4n) is 4.24. The summed E-state index contributed by atoms with van der Waals surface area (Å²) in [4.78, 5) is 17.4. The number of benzene rings is 3. The maximum absolute atomic E-state index is 13.1.